The largest absolute Gasteiger partial charge is 0.383 e. The molecule has 27 heavy (non-hydrogen) atoms. The number of rotatable bonds is 9. The average molecular weight is 412 g/mol. The molecule has 148 valence electrons. The molecule has 2 aromatic heterocycles. The Balaban J connectivity index is 1.88. The first-order valence-corrected chi connectivity index (χ1v) is 10.9. The number of aromatic nitrogens is 2. The van der Waals surface area contributed by atoms with Crippen molar-refractivity contribution in [1.29, 1.82) is 0 Å². The van der Waals surface area contributed by atoms with Gasteiger partial charge >= 0.3 is 0 Å². The Morgan fingerprint density at radius 2 is 2.04 bits per heavy atom. The summed E-state index contributed by atoms with van der Waals surface area (Å²) in [6, 6.07) is 0. The van der Waals surface area contributed by atoms with E-state index < -0.39 is 0 Å². The number of methoxy groups -OCH3 is 2. The summed E-state index contributed by atoms with van der Waals surface area (Å²) in [6.45, 7) is 1.79. The van der Waals surface area contributed by atoms with Crippen molar-refractivity contribution in [3.8, 4) is 0 Å². The number of thioether (sulfide) groups is 1. The number of hydrogen-bond acceptors (Lipinski definition) is 7. The molecule has 7 nitrogen and oxygen atoms in total. The lowest BCUT2D eigenvalue weighted by Gasteiger charge is -2.13. The fraction of sp³-hybridized carbons (Fsp3) is 0.611. The monoisotopic (exact) mass is 411 g/mol. The zero-order chi connectivity index (χ0) is 19.2. The lowest BCUT2D eigenvalue weighted by Crippen LogP contribution is -2.29. The molecule has 1 amide bonds. The molecular formula is C18H25N3O4S2. The van der Waals surface area contributed by atoms with Crippen molar-refractivity contribution in [2.45, 2.75) is 37.4 Å². The van der Waals surface area contributed by atoms with Crippen molar-refractivity contribution < 1.29 is 14.3 Å². The van der Waals surface area contributed by atoms with Crippen LogP contribution in [0.1, 0.15) is 23.3 Å². The van der Waals surface area contributed by atoms with E-state index in [1.165, 1.54) is 28.6 Å². The second-order valence-electron chi connectivity index (χ2n) is 6.37. The Morgan fingerprint density at radius 1 is 1.26 bits per heavy atom. The molecule has 1 aliphatic rings. The van der Waals surface area contributed by atoms with Crippen molar-refractivity contribution in [3.63, 3.8) is 0 Å². The van der Waals surface area contributed by atoms with Gasteiger partial charge in [-0.15, -0.1) is 11.3 Å². The van der Waals surface area contributed by atoms with Gasteiger partial charge in [-0.3, -0.25) is 14.2 Å². The standard InChI is InChI=1S/C18H25N3O4S2/c1-24-9-7-19-14(22)11-26-18-20-16-15(17(23)21(18)8-10-25-2)12-5-3-4-6-13(12)27-16/h3-11H2,1-2H3,(H,19,22). The van der Waals surface area contributed by atoms with Gasteiger partial charge < -0.3 is 14.8 Å². The van der Waals surface area contributed by atoms with Gasteiger partial charge in [0.1, 0.15) is 4.83 Å². The summed E-state index contributed by atoms with van der Waals surface area (Å²) in [5, 5.41) is 4.12. The van der Waals surface area contributed by atoms with Crippen LogP contribution >= 0.6 is 23.1 Å². The van der Waals surface area contributed by atoms with Crippen molar-refractivity contribution in [1.82, 2.24) is 14.9 Å². The predicted molar refractivity (Wildman–Crippen MR) is 108 cm³/mol. The van der Waals surface area contributed by atoms with E-state index in [0.29, 0.717) is 31.5 Å². The maximum absolute atomic E-state index is 13.2. The number of thiophene rings is 1. The Hall–Kier alpha value is -1.42. The highest BCUT2D eigenvalue weighted by molar-refractivity contribution is 7.99. The normalized spacial score (nSPS) is 13.7. The Morgan fingerprint density at radius 3 is 2.81 bits per heavy atom. The summed E-state index contributed by atoms with van der Waals surface area (Å²) in [4.78, 5) is 32.0. The molecule has 9 heteroatoms. The molecular weight excluding hydrogens is 386 g/mol. The molecule has 0 saturated carbocycles. The van der Waals surface area contributed by atoms with Gasteiger partial charge in [0.25, 0.3) is 5.56 Å². The van der Waals surface area contributed by atoms with Crippen LogP contribution in [-0.2, 0) is 33.7 Å². The third-order valence-corrected chi connectivity index (χ3v) is 6.68. The van der Waals surface area contributed by atoms with Gasteiger partial charge in [0, 0.05) is 25.6 Å². The molecule has 2 aromatic rings. The molecule has 2 heterocycles. The fourth-order valence-electron chi connectivity index (χ4n) is 3.18. The highest BCUT2D eigenvalue weighted by atomic mass is 32.2. The molecule has 0 radical (unpaired) electrons. The molecule has 0 spiro atoms. The van der Waals surface area contributed by atoms with Gasteiger partial charge in [-0.05, 0) is 31.2 Å². The van der Waals surface area contributed by atoms with Crippen LogP contribution < -0.4 is 10.9 Å². The fourth-order valence-corrected chi connectivity index (χ4v) is 5.34. The Bertz CT molecular complexity index is 862. The quantitative estimate of drug-likeness (QED) is 0.385. The summed E-state index contributed by atoms with van der Waals surface area (Å²) in [5.41, 5.74) is 1.16. The van der Waals surface area contributed by atoms with E-state index >= 15 is 0 Å². The lowest BCUT2D eigenvalue weighted by atomic mass is 9.97. The van der Waals surface area contributed by atoms with Crippen molar-refractivity contribution >= 4 is 39.2 Å². The van der Waals surface area contributed by atoms with Crippen molar-refractivity contribution in [2.24, 2.45) is 0 Å². The van der Waals surface area contributed by atoms with Crippen LogP contribution in [0, 0.1) is 0 Å². The number of hydrogen-bond donors (Lipinski definition) is 1. The van der Waals surface area contributed by atoms with Crippen LogP contribution in [0.2, 0.25) is 0 Å². The number of ether oxygens (including phenoxy) is 2. The molecule has 0 aliphatic heterocycles. The first-order chi connectivity index (χ1) is 13.2. The van der Waals surface area contributed by atoms with Crippen LogP contribution in [0.5, 0.6) is 0 Å². The highest BCUT2D eigenvalue weighted by Gasteiger charge is 2.22. The Kier molecular flexibility index (Phi) is 7.28. The van der Waals surface area contributed by atoms with Gasteiger partial charge in [0.15, 0.2) is 5.16 Å². The number of amides is 1. The van der Waals surface area contributed by atoms with Crippen molar-refractivity contribution in [2.75, 3.05) is 39.7 Å². The van der Waals surface area contributed by atoms with E-state index in [-0.39, 0.29) is 17.2 Å². The molecule has 0 unspecified atom stereocenters. The first-order valence-electron chi connectivity index (χ1n) is 9.08. The number of aryl methyl sites for hydroxylation is 2. The van der Waals surface area contributed by atoms with Crippen LogP contribution in [0.4, 0.5) is 0 Å². The van der Waals surface area contributed by atoms with E-state index in [1.807, 2.05) is 0 Å². The maximum atomic E-state index is 13.2. The third-order valence-electron chi connectivity index (χ3n) is 4.52. The predicted octanol–water partition coefficient (Wildman–Crippen LogP) is 1.84. The molecule has 0 aromatic carbocycles. The summed E-state index contributed by atoms with van der Waals surface area (Å²) < 4.78 is 11.7. The van der Waals surface area contributed by atoms with Crippen LogP contribution in [-0.4, -0.2) is 55.2 Å². The number of nitrogens with zero attached hydrogens (tertiary/aromatic N) is 2. The molecule has 0 saturated heterocycles. The smallest absolute Gasteiger partial charge is 0.263 e. The highest BCUT2D eigenvalue weighted by Crippen LogP contribution is 2.34. The second-order valence-corrected chi connectivity index (χ2v) is 8.39. The number of nitrogens with one attached hydrogen (secondary N) is 1. The lowest BCUT2D eigenvalue weighted by molar-refractivity contribution is -0.118. The second kappa shape index (κ2) is 9.68. The summed E-state index contributed by atoms with van der Waals surface area (Å²) in [5.74, 6) is 0.106. The van der Waals surface area contributed by atoms with E-state index in [9.17, 15) is 9.59 Å². The molecule has 0 bridgehead atoms. The van der Waals surface area contributed by atoms with Gasteiger partial charge in [-0.25, -0.2) is 4.98 Å². The van der Waals surface area contributed by atoms with E-state index in [2.05, 4.69) is 5.32 Å². The zero-order valence-electron chi connectivity index (χ0n) is 15.7. The number of carbonyl (C=O) groups excluding carboxylic acids is 1. The maximum Gasteiger partial charge on any atom is 0.263 e. The average Bonchev–Trinajstić information content (AvgIpc) is 3.04. The van der Waals surface area contributed by atoms with Gasteiger partial charge in [0.2, 0.25) is 5.91 Å². The minimum atomic E-state index is -0.102. The van der Waals surface area contributed by atoms with Gasteiger partial charge in [0.05, 0.1) is 30.9 Å². The van der Waals surface area contributed by atoms with Crippen molar-refractivity contribution in [3.05, 3.63) is 20.8 Å². The van der Waals surface area contributed by atoms with Gasteiger partial charge in [-0.1, -0.05) is 11.8 Å². The SMILES string of the molecule is COCCNC(=O)CSc1nc2sc3c(c2c(=O)n1CCOC)CCCC3. The molecule has 3 rings (SSSR count). The molecule has 0 atom stereocenters. The minimum absolute atomic E-state index is 0.0151. The van der Waals surface area contributed by atoms with E-state index in [1.54, 1.807) is 30.1 Å². The zero-order valence-corrected chi connectivity index (χ0v) is 17.3. The van der Waals surface area contributed by atoms with E-state index in [4.69, 9.17) is 14.5 Å². The van der Waals surface area contributed by atoms with Gasteiger partial charge in [-0.2, -0.15) is 0 Å². The first kappa shape index (κ1) is 20.3. The number of fused-ring (bicyclic) bond motifs is 3. The summed E-state index contributed by atoms with van der Waals surface area (Å²) in [6.07, 6.45) is 4.26. The minimum Gasteiger partial charge on any atom is -0.383 e. The van der Waals surface area contributed by atoms with E-state index in [0.717, 1.165) is 29.5 Å². The van der Waals surface area contributed by atoms with Crippen LogP contribution in [0.15, 0.2) is 9.95 Å². The topological polar surface area (TPSA) is 82.5 Å². The number of carbonyl (C=O) groups is 1. The van der Waals surface area contributed by atoms with Crippen LogP contribution in [0.3, 0.4) is 0 Å². The molecule has 0 fully saturated rings. The Labute approximate surface area is 166 Å². The summed E-state index contributed by atoms with van der Waals surface area (Å²) >= 11 is 2.91. The third kappa shape index (κ3) is 4.71. The molecule has 1 aliphatic carbocycles. The molecule has 1 N–H and O–H groups in total. The summed E-state index contributed by atoms with van der Waals surface area (Å²) in [7, 11) is 3.20. The van der Waals surface area contributed by atoms with Crippen LogP contribution in [0.25, 0.3) is 10.2 Å².